The van der Waals surface area contributed by atoms with Crippen LogP contribution in [-0.2, 0) is 25.3 Å². The quantitative estimate of drug-likeness (QED) is 0.147. The summed E-state index contributed by atoms with van der Waals surface area (Å²) in [6.07, 6.45) is 0. The van der Waals surface area contributed by atoms with Crippen molar-refractivity contribution >= 4 is 88.2 Å². The van der Waals surface area contributed by atoms with Crippen molar-refractivity contribution < 1.29 is 4.57 Å². The Hall–Kier alpha value is -5.58. The van der Waals surface area contributed by atoms with Crippen molar-refractivity contribution in [2.24, 2.45) is 0 Å². The van der Waals surface area contributed by atoms with Crippen LogP contribution in [-0.4, -0.2) is 0 Å². The maximum Gasteiger partial charge on any atom is 0.197 e. The molecule has 50 heavy (non-hydrogen) atoms. The molecule has 8 aromatic carbocycles. The van der Waals surface area contributed by atoms with Gasteiger partial charge in [0.15, 0.2) is 6.58 Å². The molecule has 240 valence electrons. The second kappa shape index (κ2) is 14.1. The lowest BCUT2D eigenvalue weighted by atomic mass is 10.0. The van der Waals surface area contributed by atoms with Crippen LogP contribution < -0.4 is 15.1 Å². The van der Waals surface area contributed by atoms with Crippen LogP contribution in [0.5, 0.6) is 0 Å². The SMILES string of the molecule is O=P(=S=S)c1ccc(-c2cc(N(c3ccccc3)c3cccc4ccccc34)cc(N(c3ccccc3)c3cccc4ccccc34)c2)cc1. The molecule has 0 heterocycles. The summed E-state index contributed by atoms with van der Waals surface area (Å²) < 4.78 is 12.6. The minimum Gasteiger partial charge on any atom is -0.310 e. The summed E-state index contributed by atoms with van der Waals surface area (Å²) in [6, 6.07) is 65.9. The molecule has 0 saturated heterocycles. The molecule has 1 atom stereocenters. The molecule has 0 aliphatic carbocycles. The van der Waals surface area contributed by atoms with E-state index < -0.39 is 6.58 Å². The van der Waals surface area contributed by atoms with Gasteiger partial charge in [0, 0.05) is 38.8 Å². The van der Waals surface area contributed by atoms with Gasteiger partial charge >= 0.3 is 0 Å². The van der Waals surface area contributed by atoms with Crippen LogP contribution >= 0.6 is 6.58 Å². The van der Waals surface area contributed by atoms with Crippen molar-refractivity contribution in [1.82, 2.24) is 0 Å². The van der Waals surface area contributed by atoms with E-state index in [2.05, 4.69) is 174 Å². The number of hydrogen-bond donors (Lipinski definition) is 0. The van der Waals surface area contributed by atoms with Crippen LogP contribution in [0.25, 0.3) is 32.7 Å². The van der Waals surface area contributed by atoms with Gasteiger partial charge in [0.05, 0.1) is 11.4 Å². The van der Waals surface area contributed by atoms with Gasteiger partial charge in [-0.15, -0.1) is 0 Å². The molecule has 0 saturated carbocycles. The molecule has 0 amide bonds. The highest BCUT2D eigenvalue weighted by Gasteiger charge is 2.21. The number of para-hydroxylation sites is 2. The van der Waals surface area contributed by atoms with Crippen LogP contribution in [0.1, 0.15) is 0 Å². The van der Waals surface area contributed by atoms with Crippen molar-refractivity contribution in [2.45, 2.75) is 0 Å². The topological polar surface area (TPSA) is 23.6 Å². The van der Waals surface area contributed by atoms with Crippen molar-refractivity contribution in [3.8, 4) is 11.1 Å². The molecule has 0 spiro atoms. The van der Waals surface area contributed by atoms with Crippen LogP contribution in [0.15, 0.2) is 188 Å². The zero-order chi connectivity index (χ0) is 33.9. The summed E-state index contributed by atoms with van der Waals surface area (Å²) >= 11 is 5.05. The zero-order valence-corrected chi connectivity index (χ0v) is 29.5. The minimum atomic E-state index is -1.68. The average molecular weight is 699 g/mol. The Morgan fingerprint density at radius 1 is 0.420 bits per heavy atom. The summed E-state index contributed by atoms with van der Waals surface area (Å²) in [7, 11) is 0.964. The predicted octanol–water partition coefficient (Wildman–Crippen LogP) is 12.5. The highest BCUT2D eigenvalue weighted by molar-refractivity contribution is 8.34. The van der Waals surface area contributed by atoms with Crippen molar-refractivity contribution in [3.05, 3.63) is 188 Å². The van der Waals surface area contributed by atoms with E-state index in [4.69, 9.17) is 11.2 Å². The van der Waals surface area contributed by atoms with E-state index in [1.807, 2.05) is 24.3 Å². The lowest BCUT2D eigenvalue weighted by molar-refractivity contribution is 0.602. The van der Waals surface area contributed by atoms with Gasteiger partial charge in [-0.3, -0.25) is 4.57 Å². The number of rotatable bonds is 8. The fourth-order valence-corrected chi connectivity index (χ4v) is 8.53. The fourth-order valence-electron chi connectivity index (χ4n) is 6.65. The number of anilines is 6. The molecule has 0 radical (unpaired) electrons. The molecule has 0 fully saturated rings. The van der Waals surface area contributed by atoms with Crippen molar-refractivity contribution in [2.75, 3.05) is 9.80 Å². The van der Waals surface area contributed by atoms with Crippen LogP contribution in [0, 0.1) is 0 Å². The van der Waals surface area contributed by atoms with Crippen LogP contribution in [0.3, 0.4) is 0 Å². The van der Waals surface area contributed by atoms with E-state index in [9.17, 15) is 4.57 Å². The molecule has 8 rings (SSSR count). The maximum absolute atomic E-state index is 12.6. The molecule has 3 nitrogen and oxygen atoms in total. The highest BCUT2D eigenvalue weighted by atomic mass is 32.9. The van der Waals surface area contributed by atoms with Gasteiger partial charge in [-0.05, 0) is 109 Å². The van der Waals surface area contributed by atoms with Gasteiger partial charge in [-0.25, -0.2) is 0 Å². The molecule has 6 heteroatoms. The number of nitrogens with zero attached hydrogens (tertiary/aromatic N) is 2. The lowest BCUT2D eigenvalue weighted by Gasteiger charge is -2.31. The third-order valence-corrected chi connectivity index (χ3v) is 12.1. The lowest BCUT2D eigenvalue weighted by Crippen LogP contribution is -2.14. The van der Waals surface area contributed by atoms with E-state index in [1.165, 1.54) is 10.8 Å². The van der Waals surface area contributed by atoms with Crippen LogP contribution in [0.2, 0.25) is 0 Å². The average Bonchev–Trinajstić information content (AvgIpc) is 3.19. The van der Waals surface area contributed by atoms with E-state index in [0.29, 0.717) is 0 Å². The summed E-state index contributed by atoms with van der Waals surface area (Å²) in [5, 5.41) is 5.41. The summed E-state index contributed by atoms with van der Waals surface area (Å²) in [6.45, 7) is -1.68. The van der Waals surface area contributed by atoms with Gasteiger partial charge in [0.2, 0.25) is 0 Å². The van der Waals surface area contributed by atoms with E-state index >= 15 is 0 Å². The summed E-state index contributed by atoms with van der Waals surface area (Å²) in [4.78, 5) is 4.70. The van der Waals surface area contributed by atoms with Gasteiger partial charge in [0.1, 0.15) is 0 Å². The van der Waals surface area contributed by atoms with E-state index in [0.717, 1.165) is 70.8 Å². The fraction of sp³-hybridized carbons (Fsp3) is 0. The Morgan fingerprint density at radius 2 is 0.860 bits per heavy atom. The first-order chi connectivity index (χ1) is 24.7. The van der Waals surface area contributed by atoms with E-state index in [-0.39, 0.29) is 0 Å². The Bertz CT molecular complexity index is 2430. The Morgan fingerprint density at radius 3 is 1.34 bits per heavy atom. The minimum absolute atomic E-state index is 0.739. The molecule has 0 aromatic heterocycles. The molecule has 0 aliphatic rings. The van der Waals surface area contributed by atoms with Gasteiger partial charge in [0.25, 0.3) is 0 Å². The zero-order valence-electron chi connectivity index (χ0n) is 27.0. The number of fused-ring (bicyclic) bond motifs is 2. The first-order valence-electron chi connectivity index (χ1n) is 16.4. The first-order valence-corrected chi connectivity index (χ1v) is 20.0. The maximum atomic E-state index is 12.6. The van der Waals surface area contributed by atoms with E-state index in [1.54, 1.807) is 0 Å². The molecule has 1 unspecified atom stereocenters. The Kier molecular flexibility index (Phi) is 8.94. The molecule has 0 aliphatic heterocycles. The smallest absolute Gasteiger partial charge is 0.197 e. The third kappa shape index (κ3) is 6.19. The number of benzene rings is 8. The first kappa shape index (κ1) is 31.7. The van der Waals surface area contributed by atoms with Crippen molar-refractivity contribution in [3.63, 3.8) is 0 Å². The largest absolute Gasteiger partial charge is 0.310 e. The molecular formula is C44H31N2OPS2. The normalized spacial score (nSPS) is 11.3. The van der Waals surface area contributed by atoms with Crippen LogP contribution in [0.4, 0.5) is 34.1 Å². The van der Waals surface area contributed by atoms with Gasteiger partial charge < -0.3 is 9.80 Å². The second-order valence-electron chi connectivity index (χ2n) is 12.0. The molecule has 0 bridgehead atoms. The Balaban J connectivity index is 1.43. The summed E-state index contributed by atoms with van der Waals surface area (Å²) in [5.41, 5.74) is 8.36. The third-order valence-electron chi connectivity index (χ3n) is 8.94. The standard InChI is InChI=1S/C44H31N2OPS2/c47-48(50-49)40-27-25-32(26-28-40)35-29-38(45(36-17-3-1-4-18-36)43-23-11-15-33-13-7-9-21-41(33)43)31-39(30-35)46(37-19-5-2-6-20-37)44-24-12-16-34-14-8-10-22-42(34)44/h1-31H. The molecular weight excluding hydrogens is 668 g/mol. The Labute approximate surface area is 300 Å². The van der Waals surface area contributed by atoms with Gasteiger partial charge in [-0.2, -0.15) is 0 Å². The highest BCUT2D eigenvalue weighted by Crippen LogP contribution is 2.45. The second-order valence-corrected chi connectivity index (χ2v) is 15.9. The number of hydrogen-bond acceptors (Lipinski definition) is 4. The van der Waals surface area contributed by atoms with Gasteiger partial charge in [-0.1, -0.05) is 121 Å². The molecule has 8 aromatic rings. The van der Waals surface area contributed by atoms with Crippen molar-refractivity contribution in [1.29, 1.82) is 0 Å². The monoisotopic (exact) mass is 698 g/mol. The molecule has 0 N–H and O–H groups in total. The summed E-state index contributed by atoms with van der Waals surface area (Å²) in [5.74, 6) is 0. The predicted molar refractivity (Wildman–Crippen MR) is 218 cm³/mol.